The molecule has 0 bridgehead atoms. The Bertz CT molecular complexity index is 293. The van der Waals surface area contributed by atoms with Gasteiger partial charge in [-0.3, -0.25) is 4.90 Å². The van der Waals surface area contributed by atoms with E-state index in [1.807, 2.05) is 0 Å². The van der Waals surface area contributed by atoms with Crippen LogP contribution >= 0.6 is 0 Å². The first kappa shape index (κ1) is 17.2. The monoisotopic (exact) mass is 298 g/mol. The highest BCUT2D eigenvalue weighted by Crippen LogP contribution is 2.24. The lowest BCUT2D eigenvalue weighted by Gasteiger charge is -2.38. The Morgan fingerprint density at radius 1 is 1.00 bits per heavy atom. The predicted molar refractivity (Wildman–Crippen MR) is 86.5 cm³/mol. The molecular weight excluding hydrogens is 264 g/mol. The van der Waals surface area contributed by atoms with Crippen LogP contribution in [0, 0.1) is 11.8 Å². The summed E-state index contributed by atoms with van der Waals surface area (Å²) in [5.74, 6) is 1.67. The van der Waals surface area contributed by atoms with Crippen molar-refractivity contribution in [3.63, 3.8) is 0 Å². The highest BCUT2D eigenvalue weighted by atomic mass is 16.5. The summed E-state index contributed by atoms with van der Waals surface area (Å²) in [4.78, 5) is 4.79. The van der Waals surface area contributed by atoms with E-state index in [2.05, 4.69) is 37.5 Å². The smallest absolute Gasteiger partial charge is 0.0793 e. The van der Waals surface area contributed by atoms with E-state index >= 15 is 0 Å². The molecule has 0 saturated carbocycles. The molecular formula is C17H34N2O2. The van der Waals surface area contributed by atoms with Gasteiger partial charge in [0.05, 0.1) is 18.3 Å². The molecule has 3 atom stereocenters. The van der Waals surface area contributed by atoms with Gasteiger partial charge in [0, 0.05) is 26.2 Å². The summed E-state index contributed by atoms with van der Waals surface area (Å²) >= 11 is 0. The number of rotatable bonds is 5. The standard InChI is InChI=1S/C17H34N2O2/c1-13(2)16-5-7-18(8-6-16)11-17(20)12-19-9-14(3)21-15(4)10-19/h13-17,20H,5-12H2,1-4H3. The molecule has 2 fully saturated rings. The highest BCUT2D eigenvalue weighted by Gasteiger charge is 2.26. The van der Waals surface area contributed by atoms with Crippen LogP contribution in [0.2, 0.25) is 0 Å². The molecule has 4 heteroatoms. The summed E-state index contributed by atoms with van der Waals surface area (Å²) in [5.41, 5.74) is 0. The number of nitrogens with zero attached hydrogens (tertiary/aromatic N) is 2. The lowest BCUT2D eigenvalue weighted by atomic mass is 9.86. The van der Waals surface area contributed by atoms with Crippen LogP contribution in [0.1, 0.15) is 40.5 Å². The first-order valence-electron chi connectivity index (χ1n) is 8.72. The minimum Gasteiger partial charge on any atom is -0.390 e. The zero-order valence-corrected chi connectivity index (χ0v) is 14.3. The third kappa shape index (κ3) is 5.51. The van der Waals surface area contributed by atoms with Crippen LogP contribution < -0.4 is 0 Å². The molecule has 0 aromatic carbocycles. The summed E-state index contributed by atoms with van der Waals surface area (Å²) in [7, 11) is 0. The molecule has 0 radical (unpaired) electrons. The van der Waals surface area contributed by atoms with E-state index in [1.165, 1.54) is 12.8 Å². The number of ether oxygens (including phenoxy) is 1. The molecule has 3 unspecified atom stereocenters. The molecule has 4 nitrogen and oxygen atoms in total. The van der Waals surface area contributed by atoms with E-state index in [1.54, 1.807) is 0 Å². The van der Waals surface area contributed by atoms with Crippen LogP contribution in [0.3, 0.4) is 0 Å². The van der Waals surface area contributed by atoms with Crippen molar-refractivity contribution in [3.8, 4) is 0 Å². The maximum atomic E-state index is 10.4. The number of piperidine rings is 1. The Morgan fingerprint density at radius 3 is 2.05 bits per heavy atom. The van der Waals surface area contributed by atoms with Crippen molar-refractivity contribution < 1.29 is 9.84 Å². The number of aliphatic hydroxyl groups excluding tert-OH is 1. The van der Waals surface area contributed by atoms with Crippen LogP contribution in [-0.2, 0) is 4.74 Å². The largest absolute Gasteiger partial charge is 0.390 e. The molecule has 124 valence electrons. The van der Waals surface area contributed by atoms with Gasteiger partial charge in [0.2, 0.25) is 0 Å². The third-order valence-corrected chi connectivity index (χ3v) is 5.01. The normalized spacial score (nSPS) is 31.7. The molecule has 21 heavy (non-hydrogen) atoms. The van der Waals surface area contributed by atoms with Gasteiger partial charge in [-0.15, -0.1) is 0 Å². The molecule has 2 rings (SSSR count). The minimum atomic E-state index is -0.238. The quantitative estimate of drug-likeness (QED) is 0.840. The molecule has 2 heterocycles. The molecule has 0 aromatic rings. The van der Waals surface area contributed by atoms with Gasteiger partial charge < -0.3 is 14.7 Å². The van der Waals surface area contributed by atoms with Crippen molar-refractivity contribution in [1.82, 2.24) is 9.80 Å². The Kier molecular flexibility index (Phi) is 6.48. The van der Waals surface area contributed by atoms with Gasteiger partial charge in [-0.1, -0.05) is 13.8 Å². The second-order valence-corrected chi connectivity index (χ2v) is 7.51. The lowest BCUT2D eigenvalue weighted by Crippen LogP contribution is -2.50. The van der Waals surface area contributed by atoms with Gasteiger partial charge >= 0.3 is 0 Å². The number of morpholine rings is 1. The zero-order chi connectivity index (χ0) is 15.4. The fraction of sp³-hybridized carbons (Fsp3) is 1.00. The van der Waals surface area contributed by atoms with Gasteiger partial charge in [-0.25, -0.2) is 0 Å². The molecule has 0 spiro atoms. The lowest BCUT2D eigenvalue weighted by molar-refractivity contribution is -0.0784. The highest BCUT2D eigenvalue weighted by molar-refractivity contribution is 4.79. The SMILES string of the molecule is CC1CN(CC(O)CN2CCC(C(C)C)CC2)CC(C)O1. The van der Waals surface area contributed by atoms with Gasteiger partial charge in [-0.2, -0.15) is 0 Å². The van der Waals surface area contributed by atoms with Crippen LogP contribution in [0.5, 0.6) is 0 Å². The van der Waals surface area contributed by atoms with Crippen molar-refractivity contribution in [2.24, 2.45) is 11.8 Å². The van der Waals surface area contributed by atoms with E-state index in [9.17, 15) is 5.11 Å². The zero-order valence-electron chi connectivity index (χ0n) is 14.3. The van der Waals surface area contributed by atoms with Gasteiger partial charge in [0.15, 0.2) is 0 Å². The fourth-order valence-corrected chi connectivity index (χ4v) is 3.89. The molecule has 2 aliphatic heterocycles. The Hall–Kier alpha value is -0.160. The molecule has 1 N–H and O–H groups in total. The summed E-state index contributed by atoms with van der Waals surface area (Å²) < 4.78 is 5.75. The Balaban J connectivity index is 1.69. The van der Waals surface area contributed by atoms with Gasteiger partial charge in [0.1, 0.15) is 0 Å². The fourth-order valence-electron chi connectivity index (χ4n) is 3.89. The van der Waals surface area contributed by atoms with Gasteiger partial charge in [0.25, 0.3) is 0 Å². The van der Waals surface area contributed by atoms with E-state index in [0.29, 0.717) is 0 Å². The summed E-state index contributed by atoms with van der Waals surface area (Å²) in [5, 5.41) is 10.4. The van der Waals surface area contributed by atoms with Crippen molar-refractivity contribution in [2.45, 2.75) is 58.8 Å². The second-order valence-electron chi connectivity index (χ2n) is 7.51. The third-order valence-electron chi connectivity index (χ3n) is 5.01. The summed E-state index contributed by atoms with van der Waals surface area (Å²) in [6.07, 6.45) is 2.90. The predicted octanol–water partition coefficient (Wildman–Crippen LogP) is 1.82. The van der Waals surface area contributed by atoms with E-state index in [0.717, 1.165) is 51.1 Å². The average molecular weight is 298 g/mol. The van der Waals surface area contributed by atoms with Crippen molar-refractivity contribution >= 4 is 0 Å². The average Bonchev–Trinajstić information content (AvgIpc) is 2.37. The van der Waals surface area contributed by atoms with Crippen LogP contribution in [0.25, 0.3) is 0 Å². The van der Waals surface area contributed by atoms with Crippen molar-refractivity contribution in [1.29, 1.82) is 0 Å². The van der Waals surface area contributed by atoms with Crippen LogP contribution in [0.4, 0.5) is 0 Å². The molecule has 0 amide bonds. The number of hydrogen-bond acceptors (Lipinski definition) is 4. The second kappa shape index (κ2) is 7.91. The number of likely N-dealkylation sites (tertiary alicyclic amines) is 1. The molecule has 0 aromatic heterocycles. The van der Waals surface area contributed by atoms with Crippen LogP contribution in [-0.4, -0.2) is 72.5 Å². The molecule has 2 saturated heterocycles. The number of aliphatic hydroxyl groups is 1. The Labute approximate surface area is 130 Å². The topological polar surface area (TPSA) is 35.9 Å². The maximum Gasteiger partial charge on any atom is 0.0793 e. The van der Waals surface area contributed by atoms with Crippen molar-refractivity contribution in [3.05, 3.63) is 0 Å². The summed E-state index contributed by atoms with van der Waals surface area (Å²) in [6, 6.07) is 0. The molecule has 0 aliphatic carbocycles. The van der Waals surface area contributed by atoms with Crippen molar-refractivity contribution in [2.75, 3.05) is 39.3 Å². The molecule has 2 aliphatic rings. The number of β-amino-alcohol motifs (C(OH)–C–C–N with tert-alkyl or cyclic N) is 1. The Morgan fingerprint density at radius 2 is 1.52 bits per heavy atom. The number of hydrogen-bond donors (Lipinski definition) is 1. The van der Waals surface area contributed by atoms with Crippen LogP contribution in [0.15, 0.2) is 0 Å². The minimum absolute atomic E-state index is 0.238. The first-order chi connectivity index (χ1) is 9.94. The summed E-state index contributed by atoms with van der Waals surface area (Å²) in [6.45, 7) is 14.7. The van der Waals surface area contributed by atoms with E-state index < -0.39 is 0 Å². The van der Waals surface area contributed by atoms with E-state index in [4.69, 9.17) is 4.74 Å². The van der Waals surface area contributed by atoms with E-state index in [-0.39, 0.29) is 18.3 Å². The van der Waals surface area contributed by atoms with Gasteiger partial charge in [-0.05, 0) is 51.6 Å². The first-order valence-corrected chi connectivity index (χ1v) is 8.72. The maximum absolute atomic E-state index is 10.4.